The van der Waals surface area contributed by atoms with Gasteiger partial charge in [0.15, 0.2) is 0 Å². The second kappa shape index (κ2) is 25.7. The number of aliphatic hydroxyl groups is 2. The van der Waals surface area contributed by atoms with E-state index in [4.69, 9.17) is 10.2 Å². The molecule has 0 aliphatic heterocycles. The van der Waals surface area contributed by atoms with Gasteiger partial charge in [0.05, 0.1) is 6.61 Å². The Labute approximate surface area is 119 Å². The lowest BCUT2D eigenvalue weighted by atomic mass is 10.1. The van der Waals surface area contributed by atoms with Crippen molar-refractivity contribution in [2.24, 2.45) is 0 Å². The Morgan fingerprint density at radius 3 is 1.95 bits per heavy atom. The van der Waals surface area contributed by atoms with Gasteiger partial charge in [-0.1, -0.05) is 45.8 Å². The molecule has 2 nitrogen and oxygen atoms in total. The minimum Gasteiger partial charge on any atom is -0.397 e. The van der Waals surface area contributed by atoms with Crippen molar-refractivity contribution in [2.45, 2.75) is 59.3 Å². The molecule has 0 aromatic carbocycles. The molecule has 112 valence electrons. The monoisotopic (exact) mass is 268 g/mol. The summed E-state index contributed by atoms with van der Waals surface area (Å²) < 4.78 is 0. The number of hydrogen-bond donors (Lipinski definition) is 2. The number of hydrogen-bond acceptors (Lipinski definition) is 2. The van der Waals surface area contributed by atoms with Crippen molar-refractivity contribution in [3.8, 4) is 0 Å². The van der Waals surface area contributed by atoms with E-state index in [9.17, 15) is 0 Å². The Morgan fingerprint density at radius 2 is 1.53 bits per heavy atom. The summed E-state index contributed by atoms with van der Waals surface area (Å²) in [5.41, 5.74) is 6.24. The Hall–Kier alpha value is -1.04. The Balaban J connectivity index is -0.000000360. The molecule has 0 aliphatic rings. The summed E-state index contributed by atoms with van der Waals surface area (Å²) in [7, 11) is 0. The molecule has 0 aromatic rings. The van der Waals surface area contributed by atoms with Crippen molar-refractivity contribution in [2.75, 3.05) is 13.2 Å². The first-order valence-electron chi connectivity index (χ1n) is 7.05. The predicted molar refractivity (Wildman–Crippen MR) is 85.3 cm³/mol. The summed E-state index contributed by atoms with van der Waals surface area (Å²) in [6.45, 7) is 12.4. The van der Waals surface area contributed by atoms with Crippen LogP contribution in [0.2, 0.25) is 0 Å². The van der Waals surface area contributed by atoms with Crippen LogP contribution in [0.1, 0.15) is 59.3 Å². The standard InChI is InChI=1S/C12H22O.C3H4.C2H6O/c1-3-4-5-6-7-8-9-10-12(2)11-13;1-3-2;1-2-3/h9,13H,3-8,11H2,1-2H3;1-2H2;3H,2H2,1H3. The summed E-state index contributed by atoms with van der Waals surface area (Å²) in [4.78, 5) is 0. The van der Waals surface area contributed by atoms with Crippen LogP contribution < -0.4 is 0 Å². The van der Waals surface area contributed by atoms with Gasteiger partial charge in [-0.3, -0.25) is 0 Å². The first-order chi connectivity index (χ1) is 9.14. The number of rotatable bonds is 7. The fourth-order valence-electron chi connectivity index (χ4n) is 1.14. The molecule has 2 N–H and O–H groups in total. The third-order valence-electron chi connectivity index (χ3n) is 2.04. The van der Waals surface area contributed by atoms with Gasteiger partial charge >= 0.3 is 0 Å². The number of aliphatic hydroxyl groups excluding tert-OH is 2. The third-order valence-corrected chi connectivity index (χ3v) is 2.04. The molecule has 0 heterocycles. The van der Waals surface area contributed by atoms with Crippen LogP contribution in [0, 0.1) is 0 Å². The fourth-order valence-corrected chi connectivity index (χ4v) is 1.14. The van der Waals surface area contributed by atoms with Crippen LogP contribution >= 0.6 is 0 Å². The molecule has 2 heteroatoms. The highest BCUT2D eigenvalue weighted by atomic mass is 16.3. The minimum atomic E-state index is 0.131. The average molecular weight is 268 g/mol. The quantitative estimate of drug-likeness (QED) is 0.531. The first kappa shape index (κ1) is 23.1. The van der Waals surface area contributed by atoms with Crippen molar-refractivity contribution >= 4 is 0 Å². The molecule has 0 saturated carbocycles. The normalized spacial score (nSPS) is 7.84. The zero-order valence-electron chi connectivity index (χ0n) is 13.0. The minimum absolute atomic E-state index is 0.131. The lowest BCUT2D eigenvalue weighted by Crippen LogP contribution is -1.80. The van der Waals surface area contributed by atoms with Crippen molar-refractivity contribution in [3.05, 3.63) is 36.3 Å². The molecule has 0 spiro atoms. The van der Waals surface area contributed by atoms with Crippen LogP contribution in [0.5, 0.6) is 0 Å². The van der Waals surface area contributed by atoms with Crippen molar-refractivity contribution in [1.82, 2.24) is 0 Å². The smallest absolute Gasteiger partial charge is 0.0712 e. The van der Waals surface area contributed by atoms with Gasteiger partial charge in [0.1, 0.15) is 0 Å². The summed E-state index contributed by atoms with van der Waals surface area (Å²) in [6, 6.07) is 0. The van der Waals surface area contributed by atoms with E-state index in [1.807, 2.05) is 13.0 Å². The Morgan fingerprint density at radius 1 is 1.05 bits per heavy atom. The largest absolute Gasteiger partial charge is 0.397 e. The van der Waals surface area contributed by atoms with Gasteiger partial charge < -0.3 is 10.2 Å². The summed E-state index contributed by atoms with van der Waals surface area (Å²) >= 11 is 0. The van der Waals surface area contributed by atoms with Crippen molar-refractivity contribution < 1.29 is 10.2 Å². The second-order valence-corrected chi connectivity index (χ2v) is 4.06. The molecule has 0 aromatic heterocycles. The maximum atomic E-state index is 8.69. The van der Waals surface area contributed by atoms with Crippen molar-refractivity contribution in [3.63, 3.8) is 0 Å². The predicted octanol–water partition coefficient (Wildman–Crippen LogP) is 4.40. The van der Waals surface area contributed by atoms with Crippen LogP contribution in [-0.2, 0) is 0 Å². The van der Waals surface area contributed by atoms with Gasteiger partial charge in [0, 0.05) is 6.61 Å². The maximum absolute atomic E-state index is 8.69. The van der Waals surface area contributed by atoms with E-state index in [0.29, 0.717) is 0 Å². The molecule has 0 fully saturated rings. The van der Waals surface area contributed by atoms with E-state index in [-0.39, 0.29) is 13.2 Å². The van der Waals surface area contributed by atoms with Gasteiger partial charge in [0.2, 0.25) is 0 Å². The summed E-state index contributed by atoms with van der Waals surface area (Å²) in [6.07, 6.45) is 9.73. The SMILES string of the molecule is C=C=C.CCCCCCCC=C=C(C)CO.CCO. The maximum Gasteiger partial charge on any atom is 0.0712 e. The zero-order valence-corrected chi connectivity index (χ0v) is 13.0. The number of unbranched alkanes of at least 4 members (excludes halogenated alkanes) is 5. The second-order valence-electron chi connectivity index (χ2n) is 4.06. The fraction of sp³-hybridized carbons (Fsp3) is 0.647. The van der Waals surface area contributed by atoms with E-state index < -0.39 is 0 Å². The molecule has 0 unspecified atom stereocenters. The Bertz CT molecular complexity index is 242. The highest BCUT2D eigenvalue weighted by Gasteiger charge is 1.86. The lowest BCUT2D eigenvalue weighted by Gasteiger charge is -1.95. The topological polar surface area (TPSA) is 40.5 Å². The van der Waals surface area contributed by atoms with Crippen LogP contribution in [-0.4, -0.2) is 23.4 Å². The van der Waals surface area contributed by atoms with Crippen LogP contribution in [0.15, 0.2) is 36.3 Å². The van der Waals surface area contributed by atoms with Crippen LogP contribution in [0.25, 0.3) is 0 Å². The Kier molecular flexibility index (Phi) is 31.2. The molecule has 0 bridgehead atoms. The van der Waals surface area contributed by atoms with E-state index in [2.05, 4.69) is 31.5 Å². The highest BCUT2D eigenvalue weighted by Crippen LogP contribution is 2.05. The van der Waals surface area contributed by atoms with Gasteiger partial charge in [-0.05, 0) is 38.3 Å². The highest BCUT2D eigenvalue weighted by molar-refractivity contribution is 4.97. The van der Waals surface area contributed by atoms with Gasteiger partial charge in [0.25, 0.3) is 0 Å². The summed E-state index contributed by atoms with van der Waals surface area (Å²) in [5, 5.41) is 16.3. The van der Waals surface area contributed by atoms with Gasteiger partial charge in [-0.2, -0.15) is 0 Å². The average Bonchev–Trinajstić information content (AvgIpc) is 2.39. The van der Waals surface area contributed by atoms with E-state index >= 15 is 0 Å². The molecule has 0 radical (unpaired) electrons. The van der Waals surface area contributed by atoms with Crippen LogP contribution in [0.3, 0.4) is 0 Å². The first-order valence-corrected chi connectivity index (χ1v) is 7.05. The molecule has 0 saturated heterocycles. The third kappa shape index (κ3) is 38.3. The van der Waals surface area contributed by atoms with E-state index in [1.54, 1.807) is 6.92 Å². The molecule has 0 atom stereocenters. The molecule has 0 rings (SSSR count). The molecule has 0 amide bonds. The van der Waals surface area contributed by atoms with Crippen LogP contribution in [0.4, 0.5) is 0 Å². The molecule has 19 heavy (non-hydrogen) atoms. The van der Waals surface area contributed by atoms with Gasteiger partial charge in [-0.15, -0.1) is 11.5 Å². The molecule has 0 aliphatic carbocycles. The summed E-state index contributed by atoms with van der Waals surface area (Å²) in [5.74, 6) is 0. The molecular formula is C17H32O2. The van der Waals surface area contributed by atoms with E-state index in [0.717, 1.165) is 12.0 Å². The zero-order chi connectivity index (χ0) is 15.4. The van der Waals surface area contributed by atoms with Crippen molar-refractivity contribution in [1.29, 1.82) is 0 Å². The van der Waals surface area contributed by atoms with E-state index in [1.165, 1.54) is 32.1 Å². The lowest BCUT2D eigenvalue weighted by molar-refractivity contribution is 0.318. The molecular weight excluding hydrogens is 236 g/mol. The van der Waals surface area contributed by atoms with Gasteiger partial charge in [-0.25, -0.2) is 0 Å².